The summed E-state index contributed by atoms with van der Waals surface area (Å²) in [4.78, 5) is 11.4. The van der Waals surface area contributed by atoms with Crippen LogP contribution in [0.4, 0.5) is 0 Å². The Morgan fingerprint density at radius 3 is 2.77 bits per heavy atom. The van der Waals surface area contributed by atoms with Crippen LogP contribution >= 0.6 is 0 Å². The lowest BCUT2D eigenvalue weighted by atomic mass is 9.99. The van der Waals surface area contributed by atoms with Crippen LogP contribution in [0.15, 0.2) is 0 Å². The molecule has 13 heavy (non-hydrogen) atoms. The van der Waals surface area contributed by atoms with Gasteiger partial charge in [-0.15, -0.1) is 0 Å². The van der Waals surface area contributed by atoms with Crippen LogP contribution in [0.25, 0.3) is 0 Å². The van der Waals surface area contributed by atoms with Gasteiger partial charge in [0.15, 0.2) is 0 Å². The minimum atomic E-state index is 0.0149. The molecule has 1 saturated carbocycles. The molecule has 0 unspecified atom stereocenters. The van der Waals surface area contributed by atoms with Crippen LogP contribution in [0.5, 0.6) is 0 Å². The van der Waals surface area contributed by atoms with Gasteiger partial charge in [0.1, 0.15) is 0 Å². The van der Waals surface area contributed by atoms with Gasteiger partial charge in [0.2, 0.25) is 0 Å². The smallest absolute Gasteiger partial charge is 0.309 e. The third-order valence-corrected chi connectivity index (χ3v) is 3.02. The van der Waals surface area contributed by atoms with E-state index in [1.807, 2.05) is 6.92 Å². The van der Waals surface area contributed by atoms with Gasteiger partial charge in [0.25, 0.3) is 0 Å². The highest BCUT2D eigenvalue weighted by atomic mass is 16.5. The highest BCUT2D eigenvalue weighted by molar-refractivity contribution is 5.76. The number of ether oxygens (including phenoxy) is 1. The second kappa shape index (κ2) is 4.12. The fourth-order valence-electron chi connectivity index (χ4n) is 1.87. The maximum absolute atomic E-state index is 11.4. The Balaban J connectivity index is 2.30. The predicted molar refractivity (Wildman–Crippen MR) is 52.4 cm³/mol. The maximum Gasteiger partial charge on any atom is 0.309 e. The van der Waals surface area contributed by atoms with E-state index in [2.05, 4.69) is 13.8 Å². The summed E-state index contributed by atoms with van der Waals surface area (Å²) in [5.41, 5.74) is 0.266. The Labute approximate surface area is 80.7 Å². The topological polar surface area (TPSA) is 26.3 Å². The highest BCUT2D eigenvalue weighted by Gasteiger charge is 2.54. The molecule has 1 rings (SSSR count). The molecule has 0 heterocycles. The standard InChI is InChI=1S/C11H20O2/c1-4-6-7-11(3)8-9(11)10(12)13-5-2/h9H,4-8H2,1-3H3/t9-,11-/m1/s1. The first kappa shape index (κ1) is 10.6. The quantitative estimate of drug-likeness (QED) is 0.614. The molecule has 0 N–H and O–H groups in total. The van der Waals surface area contributed by atoms with E-state index in [0.717, 1.165) is 6.42 Å². The summed E-state index contributed by atoms with van der Waals surface area (Å²) in [6, 6.07) is 0. The van der Waals surface area contributed by atoms with Crippen LogP contribution in [0, 0.1) is 11.3 Å². The van der Waals surface area contributed by atoms with Crippen LogP contribution < -0.4 is 0 Å². The number of rotatable bonds is 5. The summed E-state index contributed by atoms with van der Waals surface area (Å²) in [5, 5.41) is 0. The third-order valence-electron chi connectivity index (χ3n) is 3.02. The van der Waals surface area contributed by atoms with Gasteiger partial charge in [-0.25, -0.2) is 0 Å². The molecule has 0 bridgehead atoms. The summed E-state index contributed by atoms with van der Waals surface area (Å²) >= 11 is 0. The zero-order chi connectivity index (χ0) is 9.90. The van der Waals surface area contributed by atoms with Crippen LogP contribution in [0.2, 0.25) is 0 Å². The molecule has 2 atom stereocenters. The van der Waals surface area contributed by atoms with Crippen molar-refractivity contribution in [3.05, 3.63) is 0 Å². The van der Waals surface area contributed by atoms with Crippen molar-refractivity contribution in [2.45, 2.75) is 46.5 Å². The van der Waals surface area contributed by atoms with Crippen molar-refractivity contribution >= 4 is 5.97 Å². The molecule has 0 spiro atoms. The second-order valence-corrected chi connectivity index (χ2v) is 4.27. The van der Waals surface area contributed by atoms with Gasteiger partial charge in [0.05, 0.1) is 12.5 Å². The summed E-state index contributed by atoms with van der Waals surface area (Å²) < 4.78 is 5.00. The third kappa shape index (κ3) is 2.45. The number of hydrogen-bond donors (Lipinski definition) is 0. The highest BCUT2D eigenvalue weighted by Crippen LogP contribution is 2.56. The van der Waals surface area contributed by atoms with Crippen LogP contribution in [-0.4, -0.2) is 12.6 Å². The Morgan fingerprint density at radius 1 is 1.54 bits per heavy atom. The van der Waals surface area contributed by atoms with E-state index in [0.29, 0.717) is 6.61 Å². The van der Waals surface area contributed by atoms with Crippen molar-refractivity contribution < 1.29 is 9.53 Å². The molecule has 0 radical (unpaired) electrons. The monoisotopic (exact) mass is 184 g/mol. The minimum Gasteiger partial charge on any atom is -0.466 e. The molecule has 2 nitrogen and oxygen atoms in total. The zero-order valence-corrected chi connectivity index (χ0v) is 8.93. The Morgan fingerprint density at radius 2 is 2.23 bits per heavy atom. The van der Waals surface area contributed by atoms with E-state index < -0.39 is 0 Å². The van der Waals surface area contributed by atoms with Gasteiger partial charge in [-0.2, -0.15) is 0 Å². The maximum atomic E-state index is 11.4. The molecule has 2 heteroatoms. The summed E-state index contributed by atoms with van der Waals surface area (Å²) in [6.45, 7) is 6.76. The molecule has 76 valence electrons. The summed E-state index contributed by atoms with van der Waals surface area (Å²) in [7, 11) is 0. The lowest BCUT2D eigenvalue weighted by molar-refractivity contribution is -0.145. The van der Waals surface area contributed by atoms with Crippen molar-refractivity contribution in [1.82, 2.24) is 0 Å². The molecule has 0 aliphatic heterocycles. The average Bonchev–Trinajstić information content (AvgIpc) is 2.76. The largest absolute Gasteiger partial charge is 0.466 e. The molecule has 0 saturated heterocycles. The number of unbranched alkanes of at least 4 members (excludes halogenated alkanes) is 1. The van der Waals surface area contributed by atoms with Crippen molar-refractivity contribution in [2.24, 2.45) is 11.3 Å². The zero-order valence-electron chi connectivity index (χ0n) is 8.93. The molecule has 0 amide bonds. The van der Waals surface area contributed by atoms with Gasteiger partial charge < -0.3 is 4.74 Å². The molecule has 1 aliphatic rings. The molecule has 0 aromatic carbocycles. The van der Waals surface area contributed by atoms with E-state index in [1.54, 1.807) is 0 Å². The minimum absolute atomic E-state index is 0.0149. The van der Waals surface area contributed by atoms with E-state index >= 15 is 0 Å². The molecular formula is C11H20O2. The molecule has 0 aromatic rings. The first-order chi connectivity index (χ1) is 6.14. The second-order valence-electron chi connectivity index (χ2n) is 4.27. The van der Waals surface area contributed by atoms with Crippen LogP contribution in [-0.2, 0) is 9.53 Å². The first-order valence-electron chi connectivity index (χ1n) is 5.30. The van der Waals surface area contributed by atoms with Crippen molar-refractivity contribution in [3.8, 4) is 0 Å². The number of carbonyl (C=O) groups excluding carboxylic acids is 1. The average molecular weight is 184 g/mol. The van der Waals surface area contributed by atoms with Crippen molar-refractivity contribution in [1.29, 1.82) is 0 Å². The molecule has 0 aromatic heterocycles. The molecule has 1 aliphatic carbocycles. The first-order valence-corrected chi connectivity index (χ1v) is 5.30. The van der Waals surface area contributed by atoms with Crippen LogP contribution in [0.3, 0.4) is 0 Å². The summed E-state index contributed by atoms with van der Waals surface area (Å²) in [5.74, 6) is 0.208. The van der Waals surface area contributed by atoms with E-state index in [-0.39, 0.29) is 17.3 Å². The van der Waals surface area contributed by atoms with Gasteiger partial charge in [-0.05, 0) is 25.2 Å². The van der Waals surface area contributed by atoms with E-state index in [1.165, 1.54) is 19.3 Å². The van der Waals surface area contributed by atoms with E-state index in [4.69, 9.17) is 4.74 Å². The van der Waals surface area contributed by atoms with Gasteiger partial charge in [-0.3, -0.25) is 4.79 Å². The summed E-state index contributed by atoms with van der Waals surface area (Å²) in [6.07, 6.45) is 4.65. The molecule has 1 fully saturated rings. The Kier molecular flexibility index (Phi) is 3.34. The lowest BCUT2D eigenvalue weighted by Crippen LogP contribution is -2.11. The number of hydrogen-bond acceptors (Lipinski definition) is 2. The van der Waals surface area contributed by atoms with Gasteiger partial charge >= 0.3 is 5.97 Å². The number of carbonyl (C=O) groups is 1. The Hall–Kier alpha value is -0.530. The number of esters is 1. The van der Waals surface area contributed by atoms with Gasteiger partial charge in [0, 0.05) is 0 Å². The SMILES string of the molecule is CCCC[C@]1(C)C[C@@H]1C(=O)OCC. The van der Waals surface area contributed by atoms with Crippen molar-refractivity contribution in [2.75, 3.05) is 6.61 Å². The van der Waals surface area contributed by atoms with Crippen LogP contribution in [0.1, 0.15) is 46.5 Å². The normalized spacial score (nSPS) is 31.5. The Bertz CT molecular complexity index is 189. The lowest BCUT2D eigenvalue weighted by Gasteiger charge is -2.09. The van der Waals surface area contributed by atoms with E-state index in [9.17, 15) is 4.79 Å². The fraction of sp³-hybridized carbons (Fsp3) is 0.909. The fourth-order valence-corrected chi connectivity index (χ4v) is 1.87. The van der Waals surface area contributed by atoms with Crippen molar-refractivity contribution in [3.63, 3.8) is 0 Å². The van der Waals surface area contributed by atoms with Gasteiger partial charge in [-0.1, -0.05) is 26.7 Å². The molecular weight excluding hydrogens is 164 g/mol. The predicted octanol–water partition coefficient (Wildman–Crippen LogP) is 2.77.